The number of aliphatic hydroxyl groups excluding tert-OH is 2. The van der Waals surface area contributed by atoms with Crippen LogP contribution in [-0.2, 0) is 0 Å². The molecule has 3 aliphatic rings. The highest BCUT2D eigenvalue weighted by Crippen LogP contribution is 2.59. The highest BCUT2D eigenvalue weighted by atomic mass is 16.3. The monoisotopic (exact) mass is 442 g/mol. The quantitative estimate of drug-likeness (QED) is 0.322. The largest absolute Gasteiger partial charge is 0.393 e. The fraction of sp³-hybridized carbons (Fsp3) is 0.724. The standard InChI is InChI=1S/C29H46O3/c1-20(10-7-6-8-16-28(3,4)32)25-14-15-26-22(11-9-17-29(25,26)5)12-13-23-18-24(30)19-27(31)21(23)2/h7,10,12-13,20,24-27,30-32H,2,6,8-9,11,14-19H2,1,3-5H3/b10-7+,22-12+,23-13-/t20-,24-,25-,26+,27+,29-/m1/s1. The summed E-state index contributed by atoms with van der Waals surface area (Å²) < 4.78 is 0. The molecule has 0 amide bonds. The van der Waals surface area contributed by atoms with Crippen molar-refractivity contribution in [2.45, 2.75) is 110 Å². The zero-order valence-corrected chi connectivity index (χ0v) is 20.8. The first-order chi connectivity index (χ1) is 15.0. The average Bonchev–Trinajstić information content (AvgIpc) is 3.06. The summed E-state index contributed by atoms with van der Waals surface area (Å²) >= 11 is 0. The van der Waals surface area contributed by atoms with Gasteiger partial charge in [-0.05, 0) is 106 Å². The number of allylic oxidation sites excluding steroid dienone is 5. The van der Waals surface area contributed by atoms with Gasteiger partial charge in [0.15, 0.2) is 0 Å². The molecule has 6 atom stereocenters. The molecular formula is C29H46O3. The Morgan fingerprint density at radius 1 is 1.22 bits per heavy atom. The molecular weight excluding hydrogens is 396 g/mol. The van der Waals surface area contributed by atoms with Gasteiger partial charge in [-0.2, -0.15) is 0 Å². The van der Waals surface area contributed by atoms with Crippen molar-refractivity contribution in [2.75, 3.05) is 0 Å². The van der Waals surface area contributed by atoms with Crippen molar-refractivity contribution in [1.82, 2.24) is 0 Å². The molecule has 32 heavy (non-hydrogen) atoms. The van der Waals surface area contributed by atoms with Crippen molar-refractivity contribution in [3.8, 4) is 0 Å². The number of hydrogen-bond acceptors (Lipinski definition) is 3. The van der Waals surface area contributed by atoms with Crippen molar-refractivity contribution >= 4 is 0 Å². The van der Waals surface area contributed by atoms with Gasteiger partial charge in [-0.25, -0.2) is 0 Å². The van der Waals surface area contributed by atoms with Crippen LogP contribution >= 0.6 is 0 Å². The van der Waals surface area contributed by atoms with Gasteiger partial charge in [0, 0.05) is 6.42 Å². The second kappa shape index (κ2) is 10.4. The summed E-state index contributed by atoms with van der Waals surface area (Å²) in [5, 5.41) is 30.1. The molecule has 3 aliphatic carbocycles. The molecule has 3 N–H and O–H groups in total. The molecule has 3 heteroatoms. The SMILES string of the molecule is C=C1/C(=C\C=C2/CCC[C@]3(C)[C@@H]([C@H](C)/C=C/CCCC(C)(C)O)CC[C@@H]23)C[C@@H](O)C[C@@H]1O. The number of rotatable bonds is 7. The molecule has 0 aromatic rings. The summed E-state index contributed by atoms with van der Waals surface area (Å²) in [6.07, 6.45) is 18.3. The van der Waals surface area contributed by atoms with Gasteiger partial charge in [0.25, 0.3) is 0 Å². The summed E-state index contributed by atoms with van der Waals surface area (Å²) in [4.78, 5) is 0. The van der Waals surface area contributed by atoms with Crippen LogP contribution in [0.15, 0.2) is 47.6 Å². The molecule has 0 aromatic carbocycles. The maximum Gasteiger partial charge on any atom is 0.0811 e. The van der Waals surface area contributed by atoms with Crippen molar-refractivity contribution < 1.29 is 15.3 Å². The highest BCUT2D eigenvalue weighted by Gasteiger charge is 2.50. The molecule has 0 unspecified atom stereocenters. The minimum atomic E-state index is -0.619. The van der Waals surface area contributed by atoms with Crippen LogP contribution in [0, 0.1) is 23.2 Å². The Kier molecular flexibility index (Phi) is 8.28. The second-order valence-corrected chi connectivity index (χ2v) is 11.7. The Balaban J connectivity index is 1.66. The zero-order chi connectivity index (χ0) is 23.5. The number of fused-ring (bicyclic) bond motifs is 1. The van der Waals surface area contributed by atoms with Crippen LogP contribution in [0.5, 0.6) is 0 Å². The van der Waals surface area contributed by atoms with Crippen LogP contribution in [0.25, 0.3) is 0 Å². The van der Waals surface area contributed by atoms with Crippen molar-refractivity contribution in [2.24, 2.45) is 23.2 Å². The van der Waals surface area contributed by atoms with Gasteiger partial charge in [0.05, 0.1) is 17.8 Å². The Bertz CT molecular complexity index is 753. The van der Waals surface area contributed by atoms with E-state index in [1.54, 1.807) is 5.57 Å². The van der Waals surface area contributed by atoms with Gasteiger partial charge in [-0.1, -0.05) is 50.3 Å². The van der Waals surface area contributed by atoms with Gasteiger partial charge in [0.1, 0.15) is 0 Å². The van der Waals surface area contributed by atoms with Gasteiger partial charge < -0.3 is 15.3 Å². The van der Waals surface area contributed by atoms with Crippen LogP contribution < -0.4 is 0 Å². The minimum absolute atomic E-state index is 0.349. The predicted molar refractivity (Wildman–Crippen MR) is 133 cm³/mol. The lowest BCUT2D eigenvalue weighted by atomic mass is 9.61. The van der Waals surface area contributed by atoms with E-state index in [2.05, 4.69) is 44.7 Å². The van der Waals surface area contributed by atoms with E-state index in [0.717, 1.165) is 36.8 Å². The summed E-state index contributed by atoms with van der Waals surface area (Å²) in [6.45, 7) is 12.7. The van der Waals surface area contributed by atoms with E-state index in [0.29, 0.717) is 36.0 Å². The predicted octanol–water partition coefficient (Wildman–Crippen LogP) is 6.26. The number of hydrogen-bond donors (Lipinski definition) is 3. The Labute approximate surface area is 196 Å². The zero-order valence-electron chi connectivity index (χ0n) is 20.8. The first-order valence-corrected chi connectivity index (χ1v) is 12.8. The molecule has 0 bridgehead atoms. The Morgan fingerprint density at radius 2 is 1.97 bits per heavy atom. The molecule has 0 spiro atoms. The highest BCUT2D eigenvalue weighted by molar-refractivity contribution is 5.38. The average molecular weight is 443 g/mol. The molecule has 0 heterocycles. The normalized spacial score (nSPS) is 37.4. The molecule has 3 nitrogen and oxygen atoms in total. The molecule has 0 saturated heterocycles. The van der Waals surface area contributed by atoms with Crippen LogP contribution in [0.2, 0.25) is 0 Å². The lowest BCUT2D eigenvalue weighted by Gasteiger charge is -2.44. The van der Waals surface area contributed by atoms with Gasteiger partial charge >= 0.3 is 0 Å². The van der Waals surface area contributed by atoms with Crippen LogP contribution in [0.4, 0.5) is 0 Å². The maximum absolute atomic E-state index is 10.1. The summed E-state index contributed by atoms with van der Waals surface area (Å²) in [5.41, 5.74) is 3.12. The lowest BCUT2D eigenvalue weighted by molar-refractivity contribution is 0.0691. The van der Waals surface area contributed by atoms with Crippen molar-refractivity contribution in [3.63, 3.8) is 0 Å². The Hall–Kier alpha value is -1.16. The van der Waals surface area contributed by atoms with E-state index in [4.69, 9.17) is 0 Å². The van der Waals surface area contributed by atoms with E-state index in [-0.39, 0.29) is 0 Å². The Morgan fingerprint density at radius 3 is 2.69 bits per heavy atom. The lowest BCUT2D eigenvalue weighted by Crippen LogP contribution is -2.35. The van der Waals surface area contributed by atoms with E-state index in [1.807, 2.05) is 13.8 Å². The van der Waals surface area contributed by atoms with Gasteiger partial charge in [-0.15, -0.1) is 0 Å². The van der Waals surface area contributed by atoms with Crippen LogP contribution in [0.1, 0.15) is 91.9 Å². The third-order valence-corrected chi connectivity index (χ3v) is 8.54. The number of aliphatic hydroxyl groups is 3. The molecule has 3 rings (SSSR count). The maximum atomic E-state index is 10.1. The first kappa shape index (κ1) is 25.5. The molecule has 180 valence electrons. The molecule has 0 aliphatic heterocycles. The fourth-order valence-corrected chi connectivity index (χ4v) is 6.71. The van der Waals surface area contributed by atoms with Gasteiger partial charge in [-0.3, -0.25) is 0 Å². The first-order valence-electron chi connectivity index (χ1n) is 12.8. The van der Waals surface area contributed by atoms with E-state index in [1.165, 1.54) is 25.7 Å². The summed E-state index contributed by atoms with van der Waals surface area (Å²) in [5.74, 6) is 1.92. The van der Waals surface area contributed by atoms with Gasteiger partial charge in [0.2, 0.25) is 0 Å². The molecule has 3 fully saturated rings. The minimum Gasteiger partial charge on any atom is -0.393 e. The van der Waals surface area contributed by atoms with Crippen molar-refractivity contribution in [3.05, 3.63) is 47.6 Å². The van der Waals surface area contributed by atoms with E-state index < -0.39 is 17.8 Å². The third-order valence-electron chi connectivity index (χ3n) is 8.54. The van der Waals surface area contributed by atoms with Crippen LogP contribution in [0.3, 0.4) is 0 Å². The van der Waals surface area contributed by atoms with Crippen molar-refractivity contribution in [1.29, 1.82) is 0 Å². The fourth-order valence-electron chi connectivity index (χ4n) is 6.71. The van der Waals surface area contributed by atoms with Crippen LogP contribution in [-0.4, -0.2) is 33.1 Å². The summed E-state index contributed by atoms with van der Waals surface area (Å²) in [6, 6.07) is 0. The third kappa shape index (κ3) is 6.04. The molecule has 0 radical (unpaired) electrons. The molecule has 3 saturated carbocycles. The topological polar surface area (TPSA) is 60.7 Å². The second-order valence-electron chi connectivity index (χ2n) is 11.7. The summed E-state index contributed by atoms with van der Waals surface area (Å²) in [7, 11) is 0. The van der Waals surface area contributed by atoms with E-state index in [9.17, 15) is 15.3 Å². The number of unbranched alkanes of at least 4 members (excludes halogenated alkanes) is 1. The smallest absolute Gasteiger partial charge is 0.0811 e. The molecule has 0 aromatic heterocycles. The van der Waals surface area contributed by atoms with E-state index >= 15 is 0 Å².